The van der Waals surface area contributed by atoms with Gasteiger partial charge in [-0.2, -0.15) is 0 Å². The Kier molecular flexibility index (Phi) is 7.09. The minimum atomic E-state index is -0.698. The predicted molar refractivity (Wildman–Crippen MR) is 59.5 cm³/mol. The summed E-state index contributed by atoms with van der Waals surface area (Å²) in [5.74, 6) is 0.709. The molecule has 1 atom stereocenters. The van der Waals surface area contributed by atoms with E-state index in [2.05, 4.69) is 23.9 Å². The minimum Gasteiger partial charge on any atom is -0.379 e. The number of nitrogens with two attached hydrogens (primary N) is 1. The Balaban J connectivity index is 3.78. The van der Waals surface area contributed by atoms with Crippen molar-refractivity contribution in [1.82, 2.24) is 10.0 Å². The van der Waals surface area contributed by atoms with Crippen LogP contribution in [0.5, 0.6) is 0 Å². The number of rotatable bonds is 7. The Morgan fingerprint density at radius 1 is 1.14 bits per heavy atom. The number of hydrogen-bond donors (Lipinski definition) is 2. The van der Waals surface area contributed by atoms with Gasteiger partial charge in [-0.15, -0.1) is 0 Å². The first-order chi connectivity index (χ1) is 6.43. The third-order valence-corrected chi connectivity index (χ3v) is 2.21. The molecule has 0 aliphatic carbocycles. The lowest BCUT2D eigenvalue weighted by atomic mass is 10.1. The molecule has 0 saturated carbocycles. The molecule has 1 unspecified atom stereocenters. The molecule has 0 aliphatic heterocycles. The van der Waals surface area contributed by atoms with Gasteiger partial charge in [-0.3, -0.25) is 0 Å². The van der Waals surface area contributed by atoms with E-state index in [1.807, 2.05) is 14.1 Å². The Morgan fingerprint density at radius 2 is 1.64 bits per heavy atom. The van der Waals surface area contributed by atoms with Gasteiger partial charge in [0.15, 0.2) is 0 Å². The molecule has 4 heteroatoms. The summed E-state index contributed by atoms with van der Waals surface area (Å²) in [7, 11) is 4.03. The highest BCUT2D eigenvalue weighted by Gasteiger charge is 2.09. The molecule has 0 fully saturated rings. The molecule has 0 aromatic rings. The summed E-state index contributed by atoms with van der Waals surface area (Å²) >= 11 is 0. The Hall–Kier alpha value is -0.160. The summed E-state index contributed by atoms with van der Waals surface area (Å²) in [5.41, 5.74) is 5.31. The molecule has 3 N–H and O–H groups in total. The number of nitrogens with zero attached hydrogens (tertiary/aromatic N) is 2. The van der Waals surface area contributed by atoms with Crippen molar-refractivity contribution < 1.29 is 5.11 Å². The van der Waals surface area contributed by atoms with Gasteiger partial charge in [-0.1, -0.05) is 13.8 Å². The summed E-state index contributed by atoms with van der Waals surface area (Å²) in [5, 5.41) is 13.3. The van der Waals surface area contributed by atoms with Gasteiger partial charge in [-0.25, -0.2) is 10.0 Å². The quantitative estimate of drug-likeness (QED) is 0.467. The number of hydrogen-bond acceptors (Lipinski definition) is 4. The van der Waals surface area contributed by atoms with Crippen molar-refractivity contribution in [1.29, 1.82) is 0 Å². The van der Waals surface area contributed by atoms with Crippen LogP contribution in [-0.2, 0) is 0 Å². The standard InChI is InChI=1S/C10H25N3O/c1-9(2)5-7-13(12(3)4)8-6-10(11)14/h9-10,14H,5-8,11H2,1-4H3. The smallest absolute Gasteiger partial charge is 0.103 e. The number of aliphatic hydroxyl groups is 1. The summed E-state index contributed by atoms with van der Waals surface area (Å²) in [6.45, 7) is 6.27. The molecule has 0 aliphatic rings. The minimum absolute atomic E-state index is 0.621. The molecule has 0 bridgehead atoms. The van der Waals surface area contributed by atoms with Crippen molar-refractivity contribution in [3.05, 3.63) is 0 Å². The van der Waals surface area contributed by atoms with Gasteiger partial charge >= 0.3 is 0 Å². The van der Waals surface area contributed by atoms with E-state index in [1.165, 1.54) is 6.42 Å². The van der Waals surface area contributed by atoms with Crippen LogP contribution >= 0.6 is 0 Å². The second-order valence-corrected chi connectivity index (χ2v) is 4.34. The van der Waals surface area contributed by atoms with Gasteiger partial charge in [-0.05, 0) is 12.3 Å². The zero-order valence-electron chi connectivity index (χ0n) is 9.90. The van der Waals surface area contributed by atoms with E-state index >= 15 is 0 Å². The molecule has 4 nitrogen and oxygen atoms in total. The maximum atomic E-state index is 8.99. The Labute approximate surface area is 87.6 Å². The highest BCUT2D eigenvalue weighted by Crippen LogP contribution is 2.04. The largest absolute Gasteiger partial charge is 0.379 e. The maximum absolute atomic E-state index is 8.99. The topological polar surface area (TPSA) is 52.7 Å². The van der Waals surface area contributed by atoms with Gasteiger partial charge in [0.1, 0.15) is 6.23 Å². The highest BCUT2D eigenvalue weighted by molar-refractivity contribution is 4.57. The monoisotopic (exact) mass is 203 g/mol. The van der Waals surface area contributed by atoms with E-state index in [1.54, 1.807) is 0 Å². The Bertz CT molecular complexity index is 125. The first-order valence-corrected chi connectivity index (χ1v) is 5.29. The Morgan fingerprint density at radius 3 is 2.00 bits per heavy atom. The summed E-state index contributed by atoms with van der Waals surface area (Å²) in [6, 6.07) is 0. The average Bonchev–Trinajstić information content (AvgIpc) is 2.02. The van der Waals surface area contributed by atoms with Crippen LogP contribution in [0.1, 0.15) is 26.7 Å². The van der Waals surface area contributed by atoms with Crippen LogP contribution in [0, 0.1) is 5.92 Å². The molecule has 0 rings (SSSR count). The lowest BCUT2D eigenvalue weighted by Gasteiger charge is -2.29. The van der Waals surface area contributed by atoms with E-state index in [4.69, 9.17) is 10.8 Å². The van der Waals surface area contributed by atoms with E-state index < -0.39 is 6.23 Å². The first-order valence-electron chi connectivity index (χ1n) is 5.29. The van der Waals surface area contributed by atoms with Crippen molar-refractivity contribution >= 4 is 0 Å². The van der Waals surface area contributed by atoms with Crippen LogP contribution in [0.25, 0.3) is 0 Å². The molecule has 0 spiro atoms. The third kappa shape index (κ3) is 7.26. The van der Waals surface area contributed by atoms with Crippen LogP contribution < -0.4 is 5.73 Å². The molecule has 0 aromatic carbocycles. The van der Waals surface area contributed by atoms with Crippen molar-refractivity contribution in [3.8, 4) is 0 Å². The third-order valence-electron chi connectivity index (χ3n) is 2.21. The second-order valence-electron chi connectivity index (χ2n) is 4.34. The molecule has 0 radical (unpaired) electrons. The molecule has 0 aromatic heterocycles. The van der Waals surface area contributed by atoms with E-state index in [9.17, 15) is 0 Å². The molecule has 0 heterocycles. The maximum Gasteiger partial charge on any atom is 0.103 e. The van der Waals surface area contributed by atoms with Crippen LogP contribution in [-0.4, -0.2) is 48.5 Å². The van der Waals surface area contributed by atoms with Crippen molar-refractivity contribution in [3.63, 3.8) is 0 Å². The van der Waals surface area contributed by atoms with Crippen molar-refractivity contribution in [2.75, 3.05) is 27.2 Å². The highest BCUT2D eigenvalue weighted by atomic mass is 16.3. The zero-order valence-corrected chi connectivity index (χ0v) is 9.90. The van der Waals surface area contributed by atoms with Gasteiger partial charge in [0.05, 0.1) is 0 Å². The molecular formula is C10H25N3O. The average molecular weight is 203 g/mol. The van der Waals surface area contributed by atoms with E-state index in [-0.39, 0.29) is 0 Å². The van der Waals surface area contributed by atoms with Crippen molar-refractivity contribution in [2.45, 2.75) is 32.9 Å². The van der Waals surface area contributed by atoms with E-state index in [0.717, 1.165) is 13.1 Å². The van der Waals surface area contributed by atoms with Crippen LogP contribution in [0.3, 0.4) is 0 Å². The molecule has 86 valence electrons. The molecule has 0 amide bonds. The van der Waals surface area contributed by atoms with E-state index in [0.29, 0.717) is 12.3 Å². The predicted octanol–water partition coefficient (Wildman–Crippen LogP) is 0.478. The fourth-order valence-electron chi connectivity index (χ4n) is 1.20. The van der Waals surface area contributed by atoms with Gasteiger partial charge < -0.3 is 10.8 Å². The lowest BCUT2D eigenvalue weighted by Crippen LogP contribution is -2.40. The van der Waals surface area contributed by atoms with Crippen LogP contribution in [0.2, 0.25) is 0 Å². The van der Waals surface area contributed by atoms with Crippen molar-refractivity contribution in [2.24, 2.45) is 11.7 Å². The van der Waals surface area contributed by atoms with Gasteiger partial charge in [0.2, 0.25) is 0 Å². The molecule has 14 heavy (non-hydrogen) atoms. The fourth-order valence-corrected chi connectivity index (χ4v) is 1.20. The summed E-state index contributed by atoms with van der Waals surface area (Å²) < 4.78 is 0. The SMILES string of the molecule is CC(C)CCN(CCC(N)O)N(C)C. The lowest BCUT2D eigenvalue weighted by molar-refractivity contribution is 0.00755. The van der Waals surface area contributed by atoms with Crippen LogP contribution in [0.4, 0.5) is 0 Å². The summed E-state index contributed by atoms with van der Waals surface area (Å²) in [6.07, 6.45) is 1.09. The molecule has 0 saturated heterocycles. The van der Waals surface area contributed by atoms with Gasteiger partial charge in [0, 0.05) is 33.6 Å². The first kappa shape index (κ1) is 13.8. The zero-order chi connectivity index (χ0) is 11.1. The second kappa shape index (κ2) is 7.17. The van der Waals surface area contributed by atoms with Crippen LogP contribution in [0.15, 0.2) is 0 Å². The number of hydrazine groups is 1. The normalized spacial score (nSPS) is 14.4. The summed E-state index contributed by atoms with van der Waals surface area (Å²) in [4.78, 5) is 0. The number of aliphatic hydroxyl groups excluding tert-OH is 1. The van der Waals surface area contributed by atoms with Gasteiger partial charge in [0.25, 0.3) is 0 Å². The fraction of sp³-hybridized carbons (Fsp3) is 1.00. The molecular weight excluding hydrogens is 178 g/mol.